The minimum Gasteiger partial charge on any atom is -0.504 e. The fourth-order valence-corrected chi connectivity index (χ4v) is 2.35. The van der Waals surface area contributed by atoms with Crippen molar-refractivity contribution in [1.29, 1.82) is 0 Å². The van der Waals surface area contributed by atoms with E-state index >= 15 is 0 Å². The molecule has 2 aromatic carbocycles. The summed E-state index contributed by atoms with van der Waals surface area (Å²) < 4.78 is 16.8. The molecule has 1 N–H and O–H groups in total. The van der Waals surface area contributed by atoms with Gasteiger partial charge < -0.3 is 14.6 Å². The molecule has 0 fully saturated rings. The Morgan fingerprint density at radius 2 is 1.86 bits per heavy atom. The van der Waals surface area contributed by atoms with E-state index in [1.165, 1.54) is 7.11 Å². The third kappa shape index (κ3) is 2.55. The second kappa shape index (κ2) is 5.93. The number of phenols is 1. The van der Waals surface area contributed by atoms with Crippen LogP contribution in [-0.2, 0) is 0 Å². The minimum absolute atomic E-state index is 0.0945. The van der Waals surface area contributed by atoms with Crippen molar-refractivity contribution in [2.45, 2.75) is 6.92 Å². The first-order chi connectivity index (χ1) is 10.7. The summed E-state index contributed by atoms with van der Waals surface area (Å²) in [6, 6.07) is 14.7. The maximum absolute atomic E-state index is 9.71. The molecule has 4 nitrogen and oxygen atoms in total. The average Bonchev–Trinajstić information content (AvgIpc) is 2.55. The molecule has 0 saturated carbocycles. The van der Waals surface area contributed by atoms with E-state index in [2.05, 4.69) is 0 Å². The van der Waals surface area contributed by atoms with Crippen molar-refractivity contribution < 1.29 is 19.0 Å². The third-order valence-corrected chi connectivity index (χ3v) is 3.40. The Morgan fingerprint density at radius 3 is 2.64 bits per heavy atom. The number of rotatable bonds is 4. The lowest BCUT2D eigenvalue weighted by molar-refractivity contribution is 0.342. The van der Waals surface area contributed by atoms with Crippen LogP contribution in [0.25, 0.3) is 22.3 Å². The van der Waals surface area contributed by atoms with Gasteiger partial charge in [-0.05, 0) is 25.1 Å². The van der Waals surface area contributed by atoms with Crippen LogP contribution in [0.5, 0.6) is 17.2 Å². The van der Waals surface area contributed by atoms with Gasteiger partial charge in [0.1, 0.15) is 11.1 Å². The van der Waals surface area contributed by atoms with Crippen molar-refractivity contribution in [2.24, 2.45) is 0 Å². The zero-order valence-electron chi connectivity index (χ0n) is 12.5. The first-order valence-corrected chi connectivity index (χ1v) is 7.09. The quantitative estimate of drug-likeness (QED) is 0.721. The zero-order chi connectivity index (χ0) is 15.5. The van der Waals surface area contributed by atoms with Crippen LogP contribution in [0, 0.1) is 0 Å². The van der Waals surface area contributed by atoms with E-state index in [4.69, 9.17) is 13.9 Å². The summed E-state index contributed by atoms with van der Waals surface area (Å²) >= 11 is 0. The fraction of sp³-hybridized carbons (Fsp3) is 0.167. The number of benzene rings is 2. The number of aromatic hydroxyl groups is 1. The van der Waals surface area contributed by atoms with E-state index < -0.39 is 0 Å². The molecule has 0 spiro atoms. The van der Waals surface area contributed by atoms with E-state index in [1.54, 1.807) is 18.2 Å². The normalized spacial score (nSPS) is 10.6. The Kier molecular flexibility index (Phi) is 3.83. The highest BCUT2D eigenvalue weighted by Gasteiger charge is 2.20. The Balaban J connectivity index is 2.18. The number of para-hydroxylation sites is 1. The van der Waals surface area contributed by atoms with Crippen molar-refractivity contribution >= 4 is 11.0 Å². The smallest absolute Gasteiger partial charge is 0.364 e. The molecule has 3 aromatic rings. The van der Waals surface area contributed by atoms with E-state index in [0.717, 1.165) is 22.3 Å². The van der Waals surface area contributed by atoms with Gasteiger partial charge in [-0.25, -0.2) is 4.42 Å². The van der Waals surface area contributed by atoms with E-state index in [-0.39, 0.29) is 5.75 Å². The van der Waals surface area contributed by atoms with Crippen molar-refractivity contribution in [3.63, 3.8) is 0 Å². The van der Waals surface area contributed by atoms with Crippen LogP contribution >= 0.6 is 0 Å². The molecule has 0 saturated heterocycles. The molecule has 22 heavy (non-hydrogen) atoms. The monoisotopic (exact) mass is 297 g/mol. The molecule has 1 aromatic heterocycles. The molecule has 0 aliphatic heterocycles. The van der Waals surface area contributed by atoms with E-state index in [0.29, 0.717) is 18.1 Å². The van der Waals surface area contributed by atoms with Gasteiger partial charge in [-0.2, -0.15) is 0 Å². The van der Waals surface area contributed by atoms with Crippen molar-refractivity contribution in [3.8, 4) is 28.6 Å². The predicted octanol–water partition coefficient (Wildman–Crippen LogP) is 4.49. The van der Waals surface area contributed by atoms with Gasteiger partial charge in [-0.1, -0.05) is 12.1 Å². The first-order valence-electron chi connectivity index (χ1n) is 7.09. The molecule has 0 aliphatic carbocycles. The predicted molar refractivity (Wildman–Crippen MR) is 85.4 cm³/mol. The van der Waals surface area contributed by atoms with Gasteiger partial charge in [-0.3, -0.25) is 0 Å². The molecule has 0 atom stereocenters. The third-order valence-electron chi connectivity index (χ3n) is 3.40. The number of hydrogen-bond acceptors (Lipinski definition) is 3. The fourth-order valence-electron chi connectivity index (χ4n) is 2.35. The Hall–Kier alpha value is -2.75. The van der Waals surface area contributed by atoms with Gasteiger partial charge in [0.05, 0.1) is 25.3 Å². The van der Waals surface area contributed by atoms with E-state index in [1.807, 2.05) is 37.3 Å². The second-order valence-corrected chi connectivity index (χ2v) is 4.79. The molecule has 0 bridgehead atoms. The minimum atomic E-state index is 0.0945. The molecule has 1 heterocycles. The maximum atomic E-state index is 9.71. The summed E-state index contributed by atoms with van der Waals surface area (Å²) in [4.78, 5) is 0. The molecule has 0 unspecified atom stereocenters. The SMILES string of the molecule is CCOc1cc(-c2ccc(O)c(OC)c2)[o+]c2ccccc12. The van der Waals surface area contributed by atoms with Crippen LogP contribution < -0.4 is 9.47 Å². The number of hydrogen-bond donors (Lipinski definition) is 1. The number of ether oxygens (including phenoxy) is 2. The maximum Gasteiger partial charge on any atom is 0.364 e. The van der Waals surface area contributed by atoms with Crippen molar-refractivity contribution in [1.82, 2.24) is 0 Å². The van der Waals surface area contributed by atoms with Gasteiger partial charge >= 0.3 is 11.3 Å². The lowest BCUT2D eigenvalue weighted by atomic mass is 10.1. The van der Waals surface area contributed by atoms with Gasteiger partial charge in [0.2, 0.25) is 0 Å². The average molecular weight is 297 g/mol. The largest absolute Gasteiger partial charge is 0.504 e. The summed E-state index contributed by atoms with van der Waals surface area (Å²) in [6.45, 7) is 2.52. The molecular formula is C18H17O4+. The summed E-state index contributed by atoms with van der Waals surface area (Å²) in [6.07, 6.45) is 0. The molecule has 0 radical (unpaired) electrons. The number of methoxy groups -OCH3 is 1. The van der Waals surface area contributed by atoms with Crippen LogP contribution in [0.4, 0.5) is 0 Å². The molecule has 0 amide bonds. The lowest BCUT2D eigenvalue weighted by Gasteiger charge is -2.05. The van der Waals surface area contributed by atoms with Crippen LogP contribution in [-0.4, -0.2) is 18.8 Å². The van der Waals surface area contributed by atoms with Gasteiger partial charge in [0.15, 0.2) is 11.5 Å². The van der Waals surface area contributed by atoms with E-state index in [9.17, 15) is 5.11 Å². The molecule has 0 aliphatic rings. The van der Waals surface area contributed by atoms with Crippen LogP contribution in [0.15, 0.2) is 52.9 Å². The van der Waals surface area contributed by atoms with Crippen LogP contribution in [0.1, 0.15) is 6.92 Å². The summed E-state index contributed by atoms with van der Waals surface area (Å²) in [5, 5.41) is 10.6. The van der Waals surface area contributed by atoms with Gasteiger partial charge in [0, 0.05) is 12.1 Å². The van der Waals surface area contributed by atoms with Crippen molar-refractivity contribution in [2.75, 3.05) is 13.7 Å². The molecular weight excluding hydrogens is 280 g/mol. The highest BCUT2D eigenvalue weighted by atomic mass is 16.5. The summed E-state index contributed by atoms with van der Waals surface area (Å²) in [5.74, 6) is 1.92. The first kappa shape index (κ1) is 14.2. The van der Waals surface area contributed by atoms with Gasteiger partial charge in [0.25, 0.3) is 0 Å². The lowest BCUT2D eigenvalue weighted by Crippen LogP contribution is -1.93. The number of phenolic OH excluding ortho intramolecular Hbond substituents is 1. The van der Waals surface area contributed by atoms with Crippen LogP contribution in [0.3, 0.4) is 0 Å². The van der Waals surface area contributed by atoms with Crippen LogP contribution in [0.2, 0.25) is 0 Å². The molecule has 4 heteroatoms. The molecule has 3 rings (SSSR count). The Labute approximate surface area is 128 Å². The Morgan fingerprint density at radius 1 is 1.05 bits per heavy atom. The topological polar surface area (TPSA) is 50.0 Å². The summed E-state index contributed by atoms with van der Waals surface area (Å²) in [5.41, 5.74) is 1.55. The second-order valence-electron chi connectivity index (χ2n) is 4.79. The highest BCUT2D eigenvalue weighted by Crippen LogP contribution is 2.36. The van der Waals surface area contributed by atoms with Gasteiger partial charge in [-0.15, -0.1) is 0 Å². The molecule has 112 valence electrons. The standard InChI is InChI=1S/C18H16O4/c1-3-21-17-11-16(22-15-7-5-4-6-13(15)17)12-8-9-14(19)18(10-12)20-2/h4-11H,3H2,1-2H3/p+1. The summed E-state index contributed by atoms with van der Waals surface area (Å²) in [7, 11) is 1.52. The Bertz CT molecular complexity index is 811. The zero-order valence-corrected chi connectivity index (χ0v) is 12.5. The number of fused-ring (bicyclic) bond motifs is 1. The highest BCUT2D eigenvalue weighted by molar-refractivity contribution is 5.85. The van der Waals surface area contributed by atoms with Crippen molar-refractivity contribution in [3.05, 3.63) is 48.5 Å².